The van der Waals surface area contributed by atoms with Gasteiger partial charge in [0.2, 0.25) is 0 Å². The second-order valence-corrected chi connectivity index (χ2v) is 5.69. The van der Waals surface area contributed by atoms with Crippen LogP contribution in [0, 0.1) is 12.7 Å². The molecule has 0 bridgehead atoms. The Hall–Kier alpha value is -1.81. The number of aryl methyl sites for hydroxylation is 1. The number of halogens is 1. The number of hydrogen-bond acceptors (Lipinski definition) is 3. The predicted octanol–water partition coefficient (Wildman–Crippen LogP) is 3.30. The van der Waals surface area contributed by atoms with E-state index in [4.69, 9.17) is 0 Å². The molecule has 2 heterocycles. The first-order valence-corrected chi connectivity index (χ1v) is 7.47. The highest BCUT2D eigenvalue weighted by molar-refractivity contribution is 5.17. The molecule has 2 aromatic rings. The van der Waals surface area contributed by atoms with Crippen LogP contribution in [0.25, 0.3) is 0 Å². The third-order valence-corrected chi connectivity index (χ3v) is 4.07. The van der Waals surface area contributed by atoms with Crippen molar-refractivity contribution < 1.29 is 4.39 Å². The summed E-state index contributed by atoms with van der Waals surface area (Å²) in [6, 6.07) is 9.04. The van der Waals surface area contributed by atoms with Gasteiger partial charge in [0.15, 0.2) is 0 Å². The van der Waals surface area contributed by atoms with Crippen LogP contribution in [0.4, 0.5) is 4.39 Å². The topological polar surface area (TPSA) is 29.0 Å². The quantitative estimate of drug-likeness (QED) is 0.866. The Kier molecular flexibility index (Phi) is 4.25. The molecule has 3 nitrogen and oxygen atoms in total. The van der Waals surface area contributed by atoms with Crippen molar-refractivity contribution in [1.29, 1.82) is 0 Å². The molecule has 110 valence electrons. The lowest BCUT2D eigenvalue weighted by molar-refractivity contribution is 0.196. The predicted molar refractivity (Wildman–Crippen MR) is 80.4 cm³/mol. The van der Waals surface area contributed by atoms with Crippen LogP contribution in [0.1, 0.15) is 35.8 Å². The first-order chi connectivity index (χ1) is 10.2. The second-order valence-electron chi connectivity index (χ2n) is 5.69. The van der Waals surface area contributed by atoms with Crippen molar-refractivity contribution in [2.24, 2.45) is 0 Å². The Bertz CT molecular complexity index is 614. The number of rotatable bonds is 3. The van der Waals surface area contributed by atoms with Gasteiger partial charge >= 0.3 is 0 Å². The maximum absolute atomic E-state index is 13.8. The molecule has 1 saturated heterocycles. The Balaban J connectivity index is 1.70. The van der Waals surface area contributed by atoms with Crippen molar-refractivity contribution in [3.63, 3.8) is 0 Å². The molecule has 21 heavy (non-hydrogen) atoms. The SMILES string of the molecule is Cc1nccc([C@@H]2CCCN(Cc3ccccc3F)C2)n1. The van der Waals surface area contributed by atoms with E-state index in [0.717, 1.165) is 43.0 Å². The first kappa shape index (κ1) is 14.1. The summed E-state index contributed by atoms with van der Waals surface area (Å²) in [7, 11) is 0. The maximum Gasteiger partial charge on any atom is 0.127 e. The molecule has 4 heteroatoms. The van der Waals surface area contributed by atoms with Gasteiger partial charge in [-0.15, -0.1) is 0 Å². The van der Waals surface area contributed by atoms with Gasteiger partial charge in [0.1, 0.15) is 11.6 Å². The second kappa shape index (κ2) is 6.31. The fraction of sp³-hybridized carbons (Fsp3) is 0.412. The van der Waals surface area contributed by atoms with E-state index in [9.17, 15) is 4.39 Å². The van der Waals surface area contributed by atoms with Gasteiger partial charge in [-0.1, -0.05) is 18.2 Å². The zero-order valence-corrected chi connectivity index (χ0v) is 12.3. The van der Waals surface area contributed by atoms with Crippen molar-refractivity contribution in [3.05, 3.63) is 59.4 Å². The minimum absolute atomic E-state index is 0.113. The molecule has 1 aliphatic heterocycles. The molecule has 0 radical (unpaired) electrons. The fourth-order valence-corrected chi connectivity index (χ4v) is 3.01. The number of hydrogen-bond donors (Lipinski definition) is 0. The van der Waals surface area contributed by atoms with Crippen LogP contribution >= 0.6 is 0 Å². The maximum atomic E-state index is 13.8. The monoisotopic (exact) mass is 285 g/mol. The Morgan fingerprint density at radius 2 is 2.14 bits per heavy atom. The normalized spacial score (nSPS) is 19.6. The molecule has 0 aliphatic carbocycles. The zero-order valence-electron chi connectivity index (χ0n) is 12.3. The number of piperidine rings is 1. The van der Waals surface area contributed by atoms with E-state index < -0.39 is 0 Å². The smallest absolute Gasteiger partial charge is 0.127 e. The molecule has 1 aliphatic rings. The highest BCUT2D eigenvalue weighted by Gasteiger charge is 2.23. The summed E-state index contributed by atoms with van der Waals surface area (Å²) >= 11 is 0. The third kappa shape index (κ3) is 3.45. The highest BCUT2D eigenvalue weighted by Crippen LogP contribution is 2.26. The van der Waals surface area contributed by atoms with Crippen molar-refractivity contribution >= 4 is 0 Å². The largest absolute Gasteiger partial charge is 0.298 e. The van der Waals surface area contributed by atoms with Crippen LogP contribution in [0.15, 0.2) is 36.5 Å². The number of likely N-dealkylation sites (tertiary alicyclic amines) is 1. The highest BCUT2D eigenvalue weighted by atomic mass is 19.1. The van der Waals surface area contributed by atoms with E-state index in [2.05, 4.69) is 14.9 Å². The Labute approximate surface area is 124 Å². The summed E-state index contributed by atoms with van der Waals surface area (Å²) in [6.07, 6.45) is 4.10. The molecule has 0 amide bonds. The van der Waals surface area contributed by atoms with Crippen molar-refractivity contribution in [2.75, 3.05) is 13.1 Å². The van der Waals surface area contributed by atoms with Gasteiger partial charge in [-0.2, -0.15) is 0 Å². The van der Waals surface area contributed by atoms with Gasteiger partial charge in [-0.3, -0.25) is 4.90 Å². The van der Waals surface area contributed by atoms with E-state index >= 15 is 0 Å². The van der Waals surface area contributed by atoms with E-state index in [1.807, 2.05) is 31.3 Å². The fourth-order valence-electron chi connectivity index (χ4n) is 3.01. The molecule has 0 saturated carbocycles. The summed E-state index contributed by atoms with van der Waals surface area (Å²) < 4.78 is 13.8. The minimum atomic E-state index is -0.113. The molecule has 0 unspecified atom stereocenters. The average molecular weight is 285 g/mol. The van der Waals surface area contributed by atoms with Gasteiger partial charge in [0, 0.05) is 36.5 Å². The van der Waals surface area contributed by atoms with E-state index in [-0.39, 0.29) is 5.82 Å². The van der Waals surface area contributed by atoms with Crippen LogP contribution in [0.2, 0.25) is 0 Å². The van der Waals surface area contributed by atoms with Gasteiger partial charge in [0.25, 0.3) is 0 Å². The zero-order chi connectivity index (χ0) is 14.7. The summed E-state index contributed by atoms with van der Waals surface area (Å²) in [4.78, 5) is 11.0. The Morgan fingerprint density at radius 3 is 2.95 bits per heavy atom. The molecule has 1 aromatic carbocycles. The number of benzene rings is 1. The molecular formula is C17H20FN3. The molecule has 1 fully saturated rings. The summed E-state index contributed by atoms with van der Waals surface area (Å²) in [5, 5.41) is 0. The lowest BCUT2D eigenvalue weighted by atomic mass is 9.94. The van der Waals surface area contributed by atoms with Gasteiger partial charge in [0.05, 0.1) is 0 Å². The van der Waals surface area contributed by atoms with Gasteiger partial charge < -0.3 is 0 Å². The number of aromatic nitrogens is 2. The van der Waals surface area contributed by atoms with Crippen molar-refractivity contribution in [3.8, 4) is 0 Å². The molecule has 1 atom stereocenters. The van der Waals surface area contributed by atoms with Crippen LogP contribution < -0.4 is 0 Å². The van der Waals surface area contributed by atoms with E-state index in [0.29, 0.717) is 12.5 Å². The molecule has 1 aromatic heterocycles. The number of nitrogens with zero attached hydrogens (tertiary/aromatic N) is 3. The minimum Gasteiger partial charge on any atom is -0.298 e. The summed E-state index contributed by atoms with van der Waals surface area (Å²) in [5.74, 6) is 1.13. The molecular weight excluding hydrogens is 265 g/mol. The summed E-state index contributed by atoms with van der Waals surface area (Å²) in [6.45, 7) is 4.55. The van der Waals surface area contributed by atoms with Crippen molar-refractivity contribution in [1.82, 2.24) is 14.9 Å². The van der Waals surface area contributed by atoms with E-state index in [1.165, 1.54) is 6.07 Å². The van der Waals surface area contributed by atoms with Crippen LogP contribution in [-0.2, 0) is 6.54 Å². The lowest BCUT2D eigenvalue weighted by Gasteiger charge is -2.32. The van der Waals surface area contributed by atoms with Crippen LogP contribution in [0.3, 0.4) is 0 Å². The average Bonchev–Trinajstić information content (AvgIpc) is 2.50. The lowest BCUT2D eigenvalue weighted by Crippen LogP contribution is -2.34. The van der Waals surface area contributed by atoms with Crippen LogP contribution in [-0.4, -0.2) is 28.0 Å². The van der Waals surface area contributed by atoms with E-state index in [1.54, 1.807) is 6.07 Å². The molecule has 3 rings (SSSR count). The van der Waals surface area contributed by atoms with Gasteiger partial charge in [-0.05, 0) is 38.4 Å². The summed E-state index contributed by atoms with van der Waals surface area (Å²) in [5.41, 5.74) is 1.89. The molecule has 0 N–H and O–H groups in total. The van der Waals surface area contributed by atoms with Crippen molar-refractivity contribution in [2.45, 2.75) is 32.2 Å². The molecule has 0 spiro atoms. The van der Waals surface area contributed by atoms with Gasteiger partial charge in [-0.25, -0.2) is 14.4 Å². The third-order valence-electron chi connectivity index (χ3n) is 4.07. The first-order valence-electron chi connectivity index (χ1n) is 7.47. The standard InChI is InChI=1S/C17H20FN3/c1-13-19-9-8-17(20-13)15-6-4-10-21(12-15)11-14-5-2-3-7-16(14)18/h2-3,5,7-9,15H,4,6,10-12H2,1H3/t15-/m1/s1. The Morgan fingerprint density at radius 1 is 1.29 bits per heavy atom. The van der Waals surface area contributed by atoms with Crippen LogP contribution in [0.5, 0.6) is 0 Å².